The molecular weight excluding hydrogens is 344 g/mol. The summed E-state index contributed by atoms with van der Waals surface area (Å²) in [4.78, 5) is 37.0. The van der Waals surface area contributed by atoms with Gasteiger partial charge in [0.05, 0.1) is 25.3 Å². The van der Waals surface area contributed by atoms with Crippen LogP contribution < -0.4 is 15.4 Å². The van der Waals surface area contributed by atoms with E-state index >= 15 is 0 Å². The van der Waals surface area contributed by atoms with Crippen molar-refractivity contribution < 1.29 is 23.9 Å². The fraction of sp³-hybridized carbons (Fsp3) is 0.235. The Balaban J connectivity index is 2.34. The van der Waals surface area contributed by atoms with E-state index in [2.05, 4.69) is 15.4 Å². The number of hydrogen-bond acceptors (Lipinski definition) is 6. The molecule has 0 saturated carbocycles. The number of carbonyl (C=O) groups excluding carboxylic acids is 3. The lowest BCUT2D eigenvalue weighted by molar-refractivity contribution is 0.0937. The number of ether oxygens (including phenoxy) is 2. The van der Waals surface area contributed by atoms with Crippen molar-refractivity contribution in [1.29, 1.82) is 0 Å². The average Bonchev–Trinajstić information content (AvgIpc) is 2.88. The highest BCUT2D eigenvalue weighted by atomic mass is 32.1. The Morgan fingerprint density at radius 1 is 1.04 bits per heavy atom. The van der Waals surface area contributed by atoms with Crippen LogP contribution in [0.15, 0.2) is 24.3 Å². The molecule has 0 radical (unpaired) electrons. The van der Waals surface area contributed by atoms with E-state index in [0.29, 0.717) is 21.9 Å². The molecule has 2 rings (SSSR count). The first kappa shape index (κ1) is 18.5. The molecule has 1 aromatic carbocycles. The van der Waals surface area contributed by atoms with Crippen molar-refractivity contribution in [1.82, 2.24) is 5.32 Å². The first-order valence-electron chi connectivity index (χ1n) is 7.32. The van der Waals surface area contributed by atoms with Gasteiger partial charge in [0, 0.05) is 4.88 Å². The van der Waals surface area contributed by atoms with E-state index in [4.69, 9.17) is 4.74 Å². The normalized spacial score (nSPS) is 10.1. The topological polar surface area (TPSA) is 93.7 Å². The largest absolute Gasteiger partial charge is 0.496 e. The van der Waals surface area contributed by atoms with Crippen molar-refractivity contribution in [2.45, 2.75) is 13.8 Å². The minimum absolute atomic E-state index is 0.233. The summed E-state index contributed by atoms with van der Waals surface area (Å²) in [7, 11) is 2.64. The van der Waals surface area contributed by atoms with Gasteiger partial charge in [-0.3, -0.25) is 14.9 Å². The predicted molar refractivity (Wildman–Crippen MR) is 94.6 cm³/mol. The maximum Gasteiger partial charge on any atom is 0.413 e. The molecule has 0 unspecified atom stereocenters. The van der Waals surface area contributed by atoms with Crippen LogP contribution in [0.3, 0.4) is 0 Å². The molecule has 25 heavy (non-hydrogen) atoms. The molecule has 8 heteroatoms. The molecule has 0 aliphatic carbocycles. The first-order chi connectivity index (χ1) is 11.9. The second kappa shape index (κ2) is 7.80. The SMILES string of the molecule is COC(=O)NC(=O)c1c(NC(=O)c2ccccc2OC)sc(C)c1C. The molecule has 0 fully saturated rings. The third-order valence-electron chi connectivity index (χ3n) is 3.59. The highest BCUT2D eigenvalue weighted by Crippen LogP contribution is 2.33. The third kappa shape index (κ3) is 3.97. The van der Waals surface area contributed by atoms with Crippen LogP contribution in [0.5, 0.6) is 5.75 Å². The lowest BCUT2D eigenvalue weighted by Crippen LogP contribution is -2.31. The maximum atomic E-state index is 12.6. The lowest BCUT2D eigenvalue weighted by atomic mass is 10.1. The fourth-order valence-corrected chi connectivity index (χ4v) is 3.25. The van der Waals surface area contributed by atoms with Crippen molar-refractivity contribution in [2.75, 3.05) is 19.5 Å². The Morgan fingerprint density at radius 3 is 2.36 bits per heavy atom. The number of benzene rings is 1. The van der Waals surface area contributed by atoms with Crippen LogP contribution in [0.1, 0.15) is 31.2 Å². The van der Waals surface area contributed by atoms with Crippen molar-refractivity contribution >= 4 is 34.2 Å². The molecule has 1 heterocycles. The molecule has 0 bridgehead atoms. The first-order valence-corrected chi connectivity index (χ1v) is 8.14. The number of thiophene rings is 1. The van der Waals surface area contributed by atoms with Crippen molar-refractivity contribution in [3.63, 3.8) is 0 Å². The molecular formula is C17H18N2O5S. The van der Waals surface area contributed by atoms with E-state index in [1.54, 1.807) is 31.2 Å². The molecule has 2 aromatic rings. The lowest BCUT2D eigenvalue weighted by Gasteiger charge is -2.10. The summed E-state index contributed by atoms with van der Waals surface area (Å²) < 4.78 is 9.62. The molecule has 7 nitrogen and oxygen atoms in total. The Hall–Kier alpha value is -2.87. The number of nitrogens with one attached hydrogen (secondary N) is 2. The zero-order valence-electron chi connectivity index (χ0n) is 14.3. The highest BCUT2D eigenvalue weighted by molar-refractivity contribution is 7.16. The summed E-state index contributed by atoms with van der Waals surface area (Å²) in [6, 6.07) is 6.76. The van der Waals surface area contributed by atoms with Gasteiger partial charge in [-0.15, -0.1) is 11.3 Å². The predicted octanol–water partition coefficient (Wildman–Crippen LogP) is 3.12. The number of alkyl carbamates (subject to hydrolysis) is 1. The fourth-order valence-electron chi connectivity index (χ4n) is 2.20. The van der Waals surface area contributed by atoms with Crippen molar-refractivity contribution in [2.24, 2.45) is 0 Å². The molecule has 2 N–H and O–H groups in total. The van der Waals surface area contributed by atoms with Gasteiger partial charge in [-0.05, 0) is 31.5 Å². The quantitative estimate of drug-likeness (QED) is 0.871. The van der Waals surface area contributed by atoms with Crippen molar-refractivity contribution in [3.05, 3.63) is 45.8 Å². The second-order valence-electron chi connectivity index (χ2n) is 5.09. The van der Waals surface area contributed by atoms with E-state index in [-0.39, 0.29) is 5.56 Å². The Kier molecular flexibility index (Phi) is 5.76. The Bertz CT molecular complexity index is 828. The van der Waals surface area contributed by atoms with Crippen LogP contribution in [-0.4, -0.2) is 32.1 Å². The van der Waals surface area contributed by atoms with Gasteiger partial charge in [0.2, 0.25) is 0 Å². The van der Waals surface area contributed by atoms with Gasteiger partial charge >= 0.3 is 6.09 Å². The molecule has 3 amide bonds. The summed E-state index contributed by atoms with van der Waals surface area (Å²) >= 11 is 1.25. The minimum Gasteiger partial charge on any atom is -0.496 e. The van der Waals surface area contributed by atoms with E-state index in [0.717, 1.165) is 4.88 Å². The van der Waals surface area contributed by atoms with Crippen LogP contribution in [-0.2, 0) is 4.74 Å². The number of carbonyl (C=O) groups is 3. The molecule has 0 saturated heterocycles. The monoisotopic (exact) mass is 362 g/mol. The number of rotatable bonds is 4. The number of imide groups is 1. The van der Waals surface area contributed by atoms with Gasteiger partial charge < -0.3 is 14.8 Å². The zero-order chi connectivity index (χ0) is 18.6. The zero-order valence-corrected chi connectivity index (χ0v) is 15.1. The van der Waals surface area contributed by atoms with Gasteiger partial charge in [-0.2, -0.15) is 0 Å². The molecule has 0 atom stereocenters. The number of para-hydroxylation sites is 1. The van der Waals surface area contributed by atoms with Gasteiger partial charge in [-0.1, -0.05) is 12.1 Å². The summed E-state index contributed by atoms with van der Waals surface area (Å²) in [6.45, 7) is 3.57. The van der Waals surface area contributed by atoms with E-state index in [1.165, 1.54) is 25.6 Å². The third-order valence-corrected chi connectivity index (χ3v) is 4.71. The second-order valence-corrected chi connectivity index (χ2v) is 6.31. The van der Waals surface area contributed by atoms with Gasteiger partial charge in [0.15, 0.2) is 0 Å². The van der Waals surface area contributed by atoms with Crippen LogP contribution in [0.4, 0.5) is 9.80 Å². The molecule has 1 aromatic heterocycles. The Labute approximate surface area is 148 Å². The summed E-state index contributed by atoms with van der Waals surface area (Å²) in [5.41, 5.74) is 1.26. The Morgan fingerprint density at radius 2 is 1.72 bits per heavy atom. The highest BCUT2D eigenvalue weighted by Gasteiger charge is 2.23. The standard InChI is InChI=1S/C17H18N2O5S/c1-9-10(2)25-16(13(9)15(21)19-17(22)24-4)18-14(20)11-7-5-6-8-12(11)23-3/h5-8H,1-4H3,(H,18,20)(H,19,21,22). The molecule has 0 aliphatic heterocycles. The van der Waals surface area contributed by atoms with Crippen LogP contribution in [0, 0.1) is 13.8 Å². The van der Waals surface area contributed by atoms with Crippen LogP contribution >= 0.6 is 11.3 Å². The maximum absolute atomic E-state index is 12.6. The van der Waals surface area contributed by atoms with Gasteiger partial charge in [-0.25, -0.2) is 4.79 Å². The molecule has 132 valence electrons. The van der Waals surface area contributed by atoms with Crippen LogP contribution in [0.25, 0.3) is 0 Å². The van der Waals surface area contributed by atoms with Gasteiger partial charge in [0.1, 0.15) is 10.8 Å². The molecule has 0 aliphatic rings. The van der Waals surface area contributed by atoms with Gasteiger partial charge in [0.25, 0.3) is 11.8 Å². The molecule has 0 spiro atoms. The minimum atomic E-state index is -0.866. The van der Waals surface area contributed by atoms with E-state index in [9.17, 15) is 14.4 Å². The number of hydrogen-bond donors (Lipinski definition) is 2. The smallest absolute Gasteiger partial charge is 0.413 e. The number of anilines is 1. The number of aryl methyl sites for hydroxylation is 1. The van der Waals surface area contributed by atoms with Crippen molar-refractivity contribution in [3.8, 4) is 5.75 Å². The van der Waals surface area contributed by atoms with E-state index < -0.39 is 17.9 Å². The summed E-state index contributed by atoms with van der Waals surface area (Å²) in [5.74, 6) is -0.625. The van der Waals surface area contributed by atoms with E-state index in [1.807, 2.05) is 6.92 Å². The average molecular weight is 362 g/mol. The summed E-state index contributed by atoms with van der Waals surface area (Å²) in [6.07, 6.45) is -0.866. The van der Waals surface area contributed by atoms with Crippen LogP contribution in [0.2, 0.25) is 0 Å². The number of methoxy groups -OCH3 is 2. The summed E-state index contributed by atoms with van der Waals surface area (Å²) in [5, 5.41) is 5.18. The number of amides is 3.